The number of nitrogens with zero attached hydrogens (tertiary/aromatic N) is 4. The van der Waals surface area contributed by atoms with E-state index in [1.54, 1.807) is 0 Å². The van der Waals surface area contributed by atoms with E-state index in [4.69, 9.17) is 15.6 Å². The lowest BCUT2D eigenvalue weighted by atomic mass is 10.2. The third-order valence-corrected chi connectivity index (χ3v) is 2.78. The maximum Gasteiger partial charge on any atom is 0.312 e. The summed E-state index contributed by atoms with van der Waals surface area (Å²) >= 11 is 0. The van der Waals surface area contributed by atoms with E-state index in [9.17, 15) is 9.50 Å². The van der Waals surface area contributed by atoms with Gasteiger partial charge in [-0.2, -0.15) is 14.4 Å². The van der Waals surface area contributed by atoms with Gasteiger partial charge in [0, 0.05) is 6.08 Å². The Morgan fingerprint density at radius 2 is 2.26 bits per heavy atom. The molecule has 19 heavy (non-hydrogen) atoms. The molecular weight excluding hydrogens is 257 g/mol. The van der Waals surface area contributed by atoms with E-state index in [1.807, 2.05) is 0 Å². The van der Waals surface area contributed by atoms with Crippen molar-refractivity contribution in [2.24, 2.45) is 0 Å². The van der Waals surface area contributed by atoms with Gasteiger partial charge in [0.05, 0.1) is 6.61 Å². The summed E-state index contributed by atoms with van der Waals surface area (Å²) in [7, 11) is 0. The van der Waals surface area contributed by atoms with Gasteiger partial charge < -0.3 is 20.7 Å². The molecule has 0 aromatic carbocycles. The standard InChI is InChI=1S/C10H10FN5O3/c11-10-14-8(12)7-9(15-10)16(3-13-7)6-1-4(18)5(2-17)19-6/h1,3-5,17-18H,2H2,(H2,12,14,15)/t4-,5?/m1/s1. The third kappa shape index (κ3) is 1.79. The molecule has 0 fully saturated rings. The summed E-state index contributed by atoms with van der Waals surface area (Å²) in [5.74, 6) is 0.116. The number of aromatic nitrogens is 4. The first-order valence-electron chi connectivity index (χ1n) is 5.44. The fraction of sp³-hybridized carbons (Fsp3) is 0.300. The molecule has 0 aliphatic carbocycles. The second-order valence-electron chi connectivity index (χ2n) is 4.00. The molecule has 0 amide bonds. The Morgan fingerprint density at radius 1 is 1.47 bits per heavy atom. The van der Waals surface area contributed by atoms with Gasteiger partial charge in [-0.1, -0.05) is 0 Å². The first-order valence-corrected chi connectivity index (χ1v) is 5.44. The van der Waals surface area contributed by atoms with E-state index >= 15 is 0 Å². The smallest absolute Gasteiger partial charge is 0.312 e. The average molecular weight is 267 g/mol. The molecule has 0 saturated heterocycles. The Hall–Kier alpha value is -2.26. The predicted octanol–water partition coefficient (Wildman–Crippen LogP) is -0.902. The average Bonchev–Trinajstić information content (AvgIpc) is 2.92. The van der Waals surface area contributed by atoms with Crippen molar-refractivity contribution in [1.82, 2.24) is 19.5 Å². The summed E-state index contributed by atoms with van der Waals surface area (Å²) in [6, 6.07) is 0. The second-order valence-corrected chi connectivity index (χ2v) is 4.00. The van der Waals surface area contributed by atoms with Gasteiger partial charge in [-0.25, -0.2) is 4.98 Å². The maximum atomic E-state index is 13.2. The lowest BCUT2D eigenvalue weighted by molar-refractivity contribution is 0.0258. The van der Waals surface area contributed by atoms with Gasteiger partial charge in [0.25, 0.3) is 0 Å². The van der Waals surface area contributed by atoms with E-state index in [-0.39, 0.29) is 29.5 Å². The van der Waals surface area contributed by atoms with Crippen LogP contribution in [0.5, 0.6) is 0 Å². The van der Waals surface area contributed by atoms with Crippen LogP contribution in [0.1, 0.15) is 0 Å². The third-order valence-electron chi connectivity index (χ3n) is 2.78. The van der Waals surface area contributed by atoms with Crippen LogP contribution < -0.4 is 5.73 Å². The number of fused-ring (bicyclic) bond motifs is 1. The Bertz CT molecular complexity index is 670. The maximum absolute atomic E-state index is 13.2. The molecule has 3 rings (SSSR count). The highest BCUT2D eigenvalue weighted by atomic mass is 19.1. The molecule has 1 unspecified atom stereocenters. The van der Waals surface area contributed by atoms with Crippen molar-refractivity contribution >= 4 is 22.9 Å². The van der Waals surface area contributed by atoms with E-state index in [2.05, 4.69) is 15.0 Å². The van der Waals surface area contributed by atoms with Crippen LogP contribution in [-0.2, 0) is 4.74 Å². The van der Waals surface area contributed by atoms with Crippen molar-refractivity contribution in [3.8, 4) is 0 Å². The van der Waals surface area contributed by atoms with Crippen LogP contribution in [0, 0.1) is 6.08 Å². The van der Waals surface area contributed by atoms with Crippen molar-refractivity contribution in [1.29, 1.82) is 0 Å². The number of aliphatic hydroxyl groups excluding tert-OH is 2. The quantitative estimate of drug-likeness (QED) is 0.603. The van der Waals surface area contributed by atoms with E-state index < -0.39 is 18.3 Å². The Balaban J connectivity index is 2.10. The monoisotopic (exact) mass is 267 g/mol. The van der Waals surface area contributed by atoms with Gasteiger partial charge in [-0.05, 0) is 0 Å². The number of anilines is 1. The molecule has 2 aromatic heterocycles. The zero-order valence-corrected chi connectivity index (χ0v) is 9.56. The fourth-order valence-electron chi connectivity index (χ4n) is 1.86. The van der Waals surface area contributed by atoms with Crippen molar-refractivity contribution in [3.63, 3.8) is 0 Å². The largest absolute Gasteiger partial charge is 0.470 e. The summed E-state index contributed by atoms with van der Waals surface area (Å²) in [4.78, 5) is 10.9. The molecule has 2 atom stereocenters. The van der Waals surface area contributed by atoms with Crippen molar-refractivity contribution in [2.45, 2.75) is 12.2 Å². The SMILES string of the molecule is Nc1nc(F)nc2c1ncn2C1=C[C@@H](O)C(CO)O1. The van der Waals surface area contributed by atoms with Crippen LogP contribution in [0.25, 0.3) is 17.0 Å². The molecule has 4 N–H and O–H groups in total. The number of nitrogen functional groups attached to an aromatic ring is 1. The minimum absolute atomic E-state index is 0.0842. The van der Waals surface area contributed by atoms with Gasteiger partial charge in [0.1, 0.15) is 12.4 Å². The summed E-state index contributed by atoms with van der Waals surface area (Å²) in [6.45, 7) is -0.348. The summed E-state index contributed by atoms with van der Waals surface area (Å²) < 4.78 is 19.8. The Morgan fingerprint density at radius 3 is 2.95 bits per heavy atom. The highest BCUT2D eigenvalue weighted by Crippen LogP contribution is 2.25. The van der Waals surface area contributed by atoms with Gasteiger partial charge in [0.15, 0.2) is 29.0 Å². The Labute approximate surface area is 106 Å². The zero-order chi connectivity index (χ0) is 13.6. The van der Waals surface area contributed by atoms with E-state index in [0.29, 0.717) is 0 Å². The molecule has 0 bridgehead atoms. The highest BCUT2D eigenvalue weighted by Gasteiger charge is 2.29. The van der Waals surface area contributed by atoms with Crippen molar-refractivity contribution in [3.05, 3.63) is 18.5 Å². The number of hydrogen-bond acceptors (Lipinski definition) is 7. The van der Waals surface area contributed by atoms with Gasteiger partial charge >= 0.3 is 6.08 Å². The first kappa shape index (κ1) is 11.8. The first-order chi connectivity index (χ1) is 9.10. The van der Waals surface area contributed by atoms with Crippen LogP contribution >= 0.6 is 0 Å². The van der Waals surface area contributed by atoms with Crippen LogP contribution in [0.4, 0.5) is 10.2 Å². The van der Waals surface area contributed by atoms with Crippen molar-refractivity contribution < 1.29 is 19.3 Å². The lowest BCUT2D eigenvalue weighted by Crippen LogP contribution is -2.25. The zero-order valence-electron chi connectivity index (χ0n) is 9.56. The summed E-state index contributed by atoms with van der Waals surface area (Å²) in [5.41, 5.74) is 5.89. The van der Waals surface area contributed by atoms with Crippen LogP contribution in [0.2, 0.25) is 0 Å². The molecule has 8 nitrogen and oxygen atoms in total. The number of nitrogens with two attached hydrogens (primary N) is 1. The fourth-order valence-corrected chi connectivity index (χ4v) is 1.86. The normalized spacial score (nSPS) is 22.6. The number of hydrogen-bond donors (Lipinski definition) is 3. The number of ether oxygens (including phenoxy) is 1. The molecule has 0 saturated carbocycles. The minimum atomic E-state index is -0.982. The molecule has 1 aliphatic heterocycles. The summed E-state index contributed by atoms with van der Waals surface area (Å²) in [6.07, 6.45) is -0.00589. The van der Waals surface area contributed by atoms with E-state index in [1.165, 1.54) is 17.0 Å². The topological polar surface area (TPSA) is 119 Å². The minimum Gasteiger partial charge on any atom is -0.470 e. The second kappa shape index (κ2) is 4.14. The van der Waals surface area contributed by atoms with Gasteiger partial charge in [0.2, 0.25) is 0 Å². The molecule has 9 heteroatoms. The highest BCUT2D eigenvalue weighted by molar-refractivity contribution is 5.83. The number of imidazole rings is 1. The van der Waals surface area contributed by atoms with Crippen LogP contribution in [0.3, 0.4) is 0 Å². The summed E-state index contributed by atoms with van der Waals surface area (Å²) in [5, 5.41) is 18.6. The Kier molecular flexibility index (Phi) is 2.57. The van der Waals surface area contributed by atoms with E-state index in [0.717, 1.165) is 0 Å². The predicted molar refractivity (Wildman–Crippen MR) is 61.9 cm³/mol. The van der Waals surface area contributed by atoms with Crippen LogP contribution in [-0.4, -0.2) is 48.5 Å². The molecule has 2 aromatic rings. The molecule has 1 aliphatic rings. The van der Waals surface area contributed by atoms with Crippen LogP contribution in [0.15, 0.2) is 12.4 Å². The number of rotatable bonds is 2. The molecular formula is C10H10FN5O3. The molecule has 100 valence electrons. The molecule has 3 heterocycles. The molecule has 0 spiro atoms. The van der Waals surface area contributed by atoms with Gasteiger partial charge in [-0.3, -0.25) is 4.57 Å². The molecule has 0 radical (unpaired) electrons. The number of aliphatic hydroxyl groups is 2. The number of halogens is 1. The van der Waals surface area contributed by atoms with Crippen molar-refractivity contribution in [2.75, 3.05) is 12.3 Å². The lowest BCUT2D eigenvalue weighted by Gasteiger charge is -2.12. The van der Waals surface area contributed by atoms with Gasteiger partial charge in [-0.15, -0.1) is 0 Å².